The van der Waals surface area contributed by atoms with Crippen LogP contribution < -0.4 is 10.0 Å². The van der Waals surface area contributed by atoms with E-state index in [4.69, 9.17) is 0 Å². The van der Waals surface area contributed by atoms with Gasteiger partial charge in [0.15, 0.2) is 11.5 Å². The van der Waals surface area contributed by atoms with Crippen LogP contribution in [0.5, 0.6) is 11.5 Å². The number of aromatic hydroxyl groups is 2. The lowest BCUT2D eigenvalue weighted by molar-refractivity contribution is 0.398. The molecule has 0 unspecified atom stereocenters. The minimum atomic E-state index is -3.16. The highest BCUT2D eigenvalue weighted by molar-refractivity contribution is 7.88. The molecule has 0 radical (unpaired) electrons. The van der Waals surface area contributed by atoms with Crippen molar-refractivity contribution in [1.82, 2.24) is 10.0 Å². The van der Waals surface area contributed by atoms with Gasteiger partial charge in [-0.2, -0.15) is 0 Å². The fourth-order valence-corrected chi connectivity index (χ4v) is 1.74. The molecule has 0 spiro atoms. The summed E-state index contributed by atoms with van der Waals surface area (Å²) in [5.74, 6) is -0.324. The maximum atomic E-state index is 10.8. The normalized spacial score (nSPS) is 11.6. The van der Waals surface area contributed by atoms with Crippen molar-refractivity contribution in [1.29, 1.82) is 0 Å². The van der Waals surface area contributed by atoms with E-state index in [1.807, 2.05) is 0 Å². The Labute approximate surface area is 100 Å². The fourth-order valence-electron chi connectivity index (χ4n) is 1.27. The van der Waals surface area contributed by atoms with Gasteiger partial charge in [0, 0.05) is 25.2 Å². The lowest BCUT2D eigenvalue weighted by atomic mass is 10.2. The van der Waals surface area contributed by atoms with E-state index in [2.05, 4.69) is 10.0 Å². The van der Waals surface area contributed by atoms with Crippen LogP contribution in [0.15, 0.2) is 18.2 Å². The van der Waals surface area contributed by atoms with Gasteiger partial charge >= 0.3 is 0 Å². The Kier molecular flexibility index (Phi) is 4.73. The quantitative estimate of drug-likeness (QED) is 0.417. The summed E-state index contributed by atoms with van der Waals surface area (Å²) in [5, 5.41) is 21.7. The molecular weight excluding hydrogens is 244 g/mol. The lowest BCUT2D eigenvalue weighted by Gasteiger charge is -2.08. The Morgan fingerprint density at radius 1 is 1.24 bits per heavy atom. The second-order valence-corrected chi connectivity index (χ2v) is 5.46. The number of phenolic OH excluding ortho intramolecular Hbond substituents is 2. The SMILES string of the molecule is CS(=O)(=O)NCCNCc1cccc(O)c1O. The fraction of sp³-hybridized carbons (Fsp3) is 0.400. The second kappa shape index (κ2) is 5.85. The number of nitrogens with one attached hydrogen (secondary N) is 2. The van der Waals surface area contributed by atoms with E-state index in [9.17, 15) is 18.6 Å². The van der Waals surface area contributed by atoms with Crippen LogP contribution in [0.3, 0.4) is 0 Å². The van der Waals surface area contributed by atoms with Gasteiger partial charge in [0.1, 0.15) is 0 Å². The van der Waals surface area contributed by atoms with Crippen molar-refractivity contribution in [2.24, 2.45) is 0 Å². The molecule has 1 rings (SSSR count). The molecule has 6 nitrogen and oxygen atoms in total. The summed E-state index contributed by atoms with van der Waals surface area (Å²) >= 11 is 0. The maximum absolute atomic E-state index is 10.8. The Balaban J connectivity index is 2.34. The third-order valence-electron chi connectivity index (χ3n) is 2.08. The smallest absolute Gasteiger partial charge is 0.208 e. The van der Waals surface area contributed by atoms with Gasteiger partial charge in [-0.05, 0) is 6.07 Å². The van der Waals surface area contributed by atoms with Crippen LogP contribution in [0.1, 0.15) is 5.56 Å². The highest BCUT2D eigenvalue weighted by Crippen LogP contribution is 2.27. The van der Waals surface area contributed by atoms with E-state index in [1.54, 1.807) is 12.1 Å². The van der Waals surface area contributed by atoms with Crippen LogP contribution in [-0.4, -0.2) is 38.0 Å². The first-order chi connectivity index (χ1) is 7.90. The van der Waals surface area contributed by atoms with Crippen LogP contribution in [-0.2, 0) is 16.6 Å². The van der Waals surface area contributed by atoms with Gasteiger partial charge in [-0.25, -0.2) is 13.1 Å². The molecule has 4 N–H and O–H groups in total. The first kappa shape index (κ1) is 13.8. The summed E-state index contributed by atoms with van der Waals surface area (Å²) in [6.07, 6.45) is 1.09. The predicted molar refractivity (Wildman–Crippen MR) is 64.3 cm³/mol. The number of rotatable bonds is 6. The molecule has 0 bridgehead atoms. The summed E-state index contributed by atoms with van der Waals surface area (Å²) in [5.41, 5.74) is 0.560. The van der Waals surface area contributed by atoms with Crippen molar-refractivity contribution >= 4 is 10.0 Å². The number of hydrogen-bond donors (Lipinski definition) is 4. The average molecular weight is 260 g/mol. The molecule has 0 atom stereocenters. The number of benzene rings is 1. The molecule has 0 aromatic heterocycles. The summed E-state index contributed by atoms with van der Waals surface area (Å²) in [6, 6.07) is 4.69. The lowest BCUT2D eigenvalue weighted by Crippen LogP contribution is -2.30. The molecule has 0 saturated heterocycles. The van der Waals surface area contributed by atoms with E-state index in [0.29, 0.717) is 18.7 Å². The highest BCUT2D eigenvalue weighted by Gasteiger charge is 2.05. The standard InChI is InChI=1S/C10H16N2O4S/c1-17(15,16)12-6-5-11-7-8-3-2-4-9(13)10(8)14/h2-4,11-14H,5-7H2,1H3. The molecule has 0 aliphatic rings. The van der Waals surface area contributed by atoms with Crippen molar-refractivity contribution in [3.05, 3.63) is 23.8 Å². The van der Waals surface area contributed by atoms with Crippen molar-refractivity contribution in [3.8, 4) is 11.5 Å². The molecule has 0 fully saturated rings. The van der Waals surface area contributed by atoms with E-state index in [1.165, 1.54) is 6.07 Å². The van der Waals surface area contributed by atoms with Crippen LogP contribution in [0.25, 0.3) is 0 Å². The zero-order valence-corrected chi connectivity index (χ0v) is 10.3. The highest BCUT2D eigenvalue weighted by atomic mass is 32.2. The van der Waals surface area contributed by atoms with Crippen molar-refractivity contribution in [2.45, 2.75) is 6.54 Å². The second-order valence-electron chi connectivity index (χ2n) is 3.63. The Morgan fingerprint density at radius 2 is 1.94 bits per heavy atom. The first-order valence-corrected chi connectivity index (χ1v) is 6.94. The Morgan fingerprint density at radius 3 is 2.59 bits per heavy atom. The molecule has 1 aromatic carbocycles. The van der Waals surface area contributed by atoms with Gasteiger partial charge in [0.2, 0.25) is 10.0 Å². The van der Waals surface area contributed by atoms with Crippen molar-refractivity contribution < 1.29 is 18.6 Å². The monoisotopic (exact) mass is 260 g/mol. The van der Waals surface area contributed by atoms with Crippen LogP contribution >= 0.6 is 0 Å². The molecule has 1 aromatic rings. The molecule has 0 aliphatic heterocycles. The molecular formula is C10H16N2O4S. The van der Waals surface area contributed by atoms with Crippen LogP contribution in [0, 0.1) is 0 Å². The van der Waals surface area contributed by atoms with Gasteiger partial charge in [0.05, 0.1) is 6.26 Å². The van der Waals surface area contributed by atoms with Gasteiger partial charge < -0.3 is 15.5 Å². The topological polar surface area (TPSA) is 98.7 Å². The van der Waals surface area contributed by atoms with Gasteiger partial charge in [-0.15, -0.1) is 0 Å². The first-order valence-electron chi connectivity index (χ1n) is 5.05. The molecule has 0 aliphatic carbocycles. The summed E-state index contributed by atoms with van der Waals surface area (Å²) < 4.78 is 23.8. The Hall–Kier alpha value is -1.31. The van der Waals surface area contributed by atoms with E-state index in [0.717, 1.165) is 6.26 Å². The molecule has 0 saturated carbocycles. The largest absolute Gasteiger partial charge is 0.504 e. The van der Waals surface area contributed by atoms with E-state index < -0.39 is 10.0 Å². The molecule has 96 valence electrons. The molecule has 0 heterocycles. The minimum Gasteiger partial charge on any atom is -0.504 e. The van der Waals surface area contributed by atoms with Gasteiger partial charge in [-0.3, -0.25) is 0 Å². The Bertz CT molecular complexity index is 473. The van der Waals surface area contributed by atoms with E-state index >= 15 is 0 Å². The molecule has 7 heteroatoms. The molecule has 0 amide bonds. The average Bonchev–Trinajstić information content (AvgIpc) is 2.22. The van der Waals surface area contributed by atoms with E-state index in [-0.39, 0.29) is 18.0 Å². The zero-order valence-electron chi connectivity index (χ0n) is 9.47. The maximum Gasteiger partial charge on any atom is 0.208 e. The third kappa shape index (κ3) is 5.03. The van der Waals surface area contributed by atoms with Crippen LogP contribution in [0.2, 0.25) is 0 Å². The van der Waals surface area contributed by atoms with Gasteiger partial charge in [0.25, 0.3) is 0 Å². The number of sulfonamides is 1. The van der Waals surface area contributed by atoms with Gasteiger partial charge in [-0.1, -0.05) is 12.1 Å². The number of para-hydroxylation sites is 1. The third-order valence-corrected chi connectivity index (χ3v) is 2.81. The van der Waals surface area contributed by atoms with Crippen LogP contribution in [0.4, 0.5) is 0 Å². The summed E-state index contributed by atoms with van der Waals surface area (Å²) in [7, 11) is -3.16. The summed E-state index contributed by atoms with van der Waals surface area (Å²) in [6.45, 7) is 1.06. The van der Waals surface area contributed by atoms with Crippen molar-refractivity contribution in [2.75, 3.05) is 19.3 Å². The molecule has 17 heavy (non-hydrogen) atoms. The number of phenols is 2. The summed E-state index contributed by atoms with van der Waals surface area (Å²) in [4.78, 5) is 0. The van der Waals surface area contributed by atoms with Crippen molar-refractivity contribution in [3.63, 3.8) is 0 Å². The number of hydrogen-bond acceptors (Lipinski definition) is 5. The minimum absolute atomic E-state index is 0.156. The predicted octanol–water partition coefficient (Wildman–Crippen LogP) is -0.263. The zero-order chi connectivity index (χ0) is 12.9.